The zero-order valence-electron chi connectivity index (χ0n) is 18.8. The molecular formula is C27H19F3N2O4. The molecule has 0 saturated carbocycles. The summed E-state index contributed by atoms with van der Waals surface area (Å²) < 4.78 is 41.7. The SMILES string of the molecule is Cc1cccc(C2/C(=C(/O)c3c[nH]c4ccccc34)C(=O)C(=O)N2c2ccc(OC(F)(F)F)cc2)c1. The van der Waals surface area contributed by atoms with Gasteiger partial charge in [0.15, 0.2) is 0 Å². The van der Waals surface area contributed by atoms with Crippen molar-refractivity contribution in [2.24, 2.45) is 0 Å². The predicted molar refractivity (Wildman–Crippen MR) is 127 cm³/mol. The molecule has 1 aliphatic rings. The zero-order valence-corrected chi connectivity index (χ0v) is 18.8. The van der Waals surface area contributed by atoms with Crippen LogP contribution < -0.4 is 9.64 Å². The summed E-state index contributed by atoms with van der Waals surface area (Å²) in [5.74, 6) is -2.63. The Morgan fingerprint density at radius 1 is 1.00 bits per heavy atom. The molecule has 0 bridgehead atoms. The van der Waals surface area contributed by atoms with Crippen molar-refractivity contribution >= 4 is 34.0 Å². The van der Waals surface area contributed by atoms with Gasteiger partial charge in [0.2, 0.25) is 0 Å². The number of rotatable bonds is 4. The number of ether oxygens (including phenoxy) is 1. The van der Waals surface area contributed by atoms with Crippen molar-refractivity contribution in [2.45, 2.75) is 19.3 Å². The van der Waals surface area contributed by atoms with Gasteiger partial charge in [0.05, 0.1) is 11.6 Å². The number of benzene rings is 3. The molecule has 2 heterocycles. The van der Waals surface area contributed by atoms with Crippen LogP contribution in [0.2, 0.25) is 0 Å². The molecular weight excluding hydrogens is 473 g/mol. The smallest absolute Gasteiger partial charge is 0.507 e. The molecule has 0 aliphatic carbocycles. The van der Waals surface area contributed by atoms with Crippen LogP contribution in [0.3, 0.4) is 0 Å². The van der Waals surface area contributed by atoms with E-state index in [4.69, 9.17) is 0 Å². The number of Topliss-reactive ketones (excluding diaryl/α,β-unsaturated/α-hetero) is 1. The molecule has 1 unspecified atom stereocenters. The summed E-state index contributed by atoms with van der Waals surface area (Å²) in [6, 6.07) is 18.0. The van der Waals surface area contributed by atoms with E-state index in [2.05, 4.69) is 9.72 Å². The van der Waals surface area contributed by atoms with E-state index in [0.717, 1.165) is 23.2 Å². The highest BCUT2D eigenvalue weighted by molar-refractivity contribution is 6.51. The normalized spacial score (nSPS) is 17.7. The summed E-state index contributed by atoms with van der Waals surface area (Å²) in [7, 11) is 0. The summed E-state index contributed by atoms with van der Waals surface area (Å²) in [6.45, 7) is 1.85. The Bertz CT molecular complexity index is 1520. The molecule has 5 rings (SSSR count). The minimum Gasteiger partial charge on any atom is -0.507 e. The van der Waals surface area contributed by atoms with E-state index >= 15 is 0 Å². The molecule has 6 nitrogen and oxygen atoms in total. The molecule has 1 saturated heterocycles. The van der Waals surface area contributed by atoms with E-state index in [1.54, 1.807) is 36.5 Å². The topological polar surface area (TPSA) is 82.6 Å². The first-order chi connectivity index (χ1) is 17.1. The number of aliphatic hydroxyl groups excluding tert-OH is 1. The molecule has 3 aromatic carbocycles. The minimum atomic E-state index is -4.87. The molecule has 1 aromatic heterocycles. The second kappa shape index (κ2) is 8.60. The minimum absolute atomic E-state index is 0.119. The summed E-state index contributed by atoms with van der Waals surface area (Å²) in [5, 5.41) is 12.0. The third-order valence-corrected chi connectivity index (χ3v) is 6.00. The van der Waals surface area contributed by atoms with Crippen molar-refractivity contribution in [1.29, 1.82) is 0 Å². The number of nitrogens with zero attached hydrogens (tertiary/aromatic N) is 1. The van der Waals surface area contributed by atoms with Crippen molar-refractivity contribution in [3.63, 3.8) is 0 Å². The third-order valence-electron chi connectivity index (χ3n) is 6.00. The average molecular weight is 492 g/mol. The summed E-state index contributed by atoms with van der Waals surface area (Å²) in [6.07, 6.45) is -3.31. The van der Waals surface area contributed by atoms with Crippen molar-refractivity contribution in [3.05, 3.63) is 101 Å². The first-order valence-corrected chi connectivity index (χ1v) is 10.9. The van der Waals surface area contributed by atoms with Gasteiger partial charge in [-0.25, -0.2) is 0 Å². The number of aryl methyl sites for hydroxylation is 1. The molecule has 0 radical (unpaired) electrons. The van der Waals surface area contributed by atoms with Gasteiger partial charge in [0.1, 0.15) is 11.5 Å². The fraction of sp³-hybridized carbons (Fsp3) is 0.111. The number of halogens is 3. The monoisotopic (exact) mass is 492 g/mol. The highest BCUT2D eigenvalue weighted by atomic mass is 19.4. The van der Waals surface area contributed by atoms with Crippen molar-refractivity contribution in [1.82, 2.24) is 4.98 Å². The standard InChI is InChI=1S/C27H19F3N2O4/c1-15-5-4-6-16(13-15)23-22(24(33)20-14-31-21-8-3-2-7-19(20)21)25(34)26(35)32(23)17-9-11-18(12-10-17)36-27(28,29)30/h2-14,23,31,33H,1H3/b24-22-. The van der Waals surface area contributed by atoms with E-state index < -0.39 is 29.8 Å². The number of carbonyl (C=O) groups excluding carboxylic acids is 2. The van der Waals surface area contributed by atoms with Gasteiger partial charge in [-0.2, -0.15) is 0 Å². The van der Waals surface area contributed by atoms with Gasteiger partial charge in [-0.3, -0.25) is 14.5 Å². The van der Waals surface area contributed by atoms with Gasteiger partial charge < -0.3 is 14.8 Å². The van der Waals surface area contributed by atoms with Crippen LogP contribution in [-0.4, -0.2) is 28.1 Å². The molecule has 9 heteroatoms. The average Bonchev–Trinajstić information content (AvgIpc) is 3.38. The first kappa shape index (κ1) is 23.2. The van der Waals surface area contributed by atoms with Gasteiger partial charge in [-0.15, -0.1) is 13.2 Å². The zero-order chi connectivity index (χ0) is 25.6. The molecule has 1 fully saturated rings. The lowest BCUT2D eigenvalue weighted by atomic mass is 9.94. The van der Waals surface area contributed by atoms with Gasteiger partial charge in [0, 0.05) is 28.4 Å². The van der Waals surface area contributed by atoms with Crippen LogP contribution in [0, 0.1) is 6.92 Å². The maximum atomic E-state index is 13.3. The number of hydrogen-bond donors (Lipinski definition) is 2. The van der Waals surface area contributed by atoms with E-state index in [1.165, 1.54) is 17.0 Å². The molecule has 1 atom stereocenters. The van der Waals surface area contributed by atoms with Crippen LogP contribution in [0.5, 0.6) is 5.75 Å². The summed E-state index contributed by atoms with van der Waals surface area (Å²) in [5.41, 5.74) is 2.57. The van der Waals surface area contributed by atoms with Crippen molar-refractivity contribution < 1.29 is 32.6 Å². The van der Waals surface area contributed by atoms with Gasteiger partial charge in [-0.05, 0) is 42.8 Å². The number of para-hydroxylation sites is 1. The highest BCUT2D eigenvalue weighted by Crippen LogP contribution is 2.43. The van der Waals surface area contributed by atoms with Gasteiger partial charge >= 0.3 is 6.36 Å². The van der Waals surface area contributed by atoms with Crippen molar-refractivity contribution in [2.75, 3.05) is 4.90 Å². The first-order valence-electron chi connectivity index (χ1n) is 10.9. The lowest BCUT2D eigenvalue weighted by molar-refractivity contribution is -0.274. The molecule has 1 amide bonds. The number of amides is 1. The molecule has 2 N–H and O–H groups in total. The lowest BCUT2D eigenvalue weighted by Crippen LogP contribution is -2.29. The van der Waals surface area contributed by atoms with Crippen LogP contribution in [-0.2, 0) is 9.59 Å². The van der Waals surface area contributed by atoms with Gasteiger partial charge in [-0.1, -0.05) is 48.0 Å². The maximum Gasteiger partial charge on any atom is 0.573 e. The number of aromatic nitrogens is 1. The number of aromatic amines is 1. The number of ketones is 1. The number of carbonyl (C=O) groups is 2. The number of hydrogen-bond acceptors (Lipinski definition) is 4. The Morgan fingerprint density at radius 3 is 2.42 bits per heavy atom. The Balaban J connectivity index is 1.67. The van der Waals surface area contributed by atoms with Crippen LogP contribution >= 0.6 is 0 Å². The third kappa shape index (κ3) is 4.08. The maximum absolute atomic E-state index is 13.3. The Morgan fingerprint density at radius 2 is 1.72 bits per heavy atom. The largest absolute Gasteiger partial charge is 0.573 e. The number of nitrogens with one attached hydrogen (secondary N) is 1. The molecule has 182 valence electrons. The highest BCUT2D eigenvalue weighted by Gasteiger charge is 2.47. The summed E-state index contributed by atoms with van der Waals surface area (Å²) >= 11 is 0. The number of H-pyrrole nitrogens is 1. The molecule has 36 heavy (non-hydrogen) atoms. The van der Waals surface area contributed by atoms with Gasteiger partial charge in [0.25, 0.3) is 11.7 Å². The Labute approximate surface area is 203 Å². The van der Waals surface area contributed by atoms with Crippen LogP contribution in [0.25, 0.3) is 16.7 Å². The Hall–Kier alpha value is -4.53. The fourth-order valence-electron chi connectivity index (χ4n) is 4.48. The number of alkyl halides is 3. The van der Waals surface area contributed by atoms with Crippen LogP contribution in [0.1, 0.15) is 22.7 Å². The van der Waals surface area contributed by atoms with E-state index in [0.29, 0.717) is 16.5 Å². The summed E-state index contributed by atoms with van der Waals surface area (Å²) in [4.78, 5) is 30.8. The lowest BCUT2D eigenvalue weighted by Gasteiger charge is -2.26. The molecule has 0 spiro atoms. The number of aliphatic hydroxyl groups is 1. The fourth-order valence-corrected chi connectivity index (χ4v) is 4.48. The molecule has 1 aliphatic heterocycles. The Kier molecular flexibility index (Phi) is 5.55. The van der Waals surface area contributed by atoms with Crippen molar-refractivity contribution in [3.8, 4) is 5.75 Å². The van der Waals surface area contributed by atoms with E-state index in [9.17, 15) is 27.9 Å². The van der Waals surface area contributed by atoms with E-state index in [1.807, 2.05) is 25.1 Å². The predicted octanol–water partition coefficient (Wildman–Crippen LogP) is 6.00. The second-order valence-electron chi connectivity index (χ2n) is 8.37. The number of anilines is 1. The number of fused-ring (bicyclic) bond motifs is 1. The quantitative estimate of drug-likeness (QED) is 0.208. The van der Waals surface area contributed by atoms with Crippen LogP contribution in [0.4, 0.5) is 18.9 Å². The van der Waals surface area contributed by atoms with Crippen LogP contribution in [0.15, 0.2) is 84.6 Å². The second-order valence-corrected chi connectivity index (χ2v) is 8.37. The molecule has 4 aromatic rings. The van der Waals surface area contributed by atoms with E-state index in [-0.39, 0.29) is 17.0 Å².